The zero-order valence-corrected chi connectivity index (χ0v) is 27.3. The summed E-state index contributed by atoms with van der Waals surface area (Å²) in [5, 5.41) is 3.14. The molecule has 1 saturated carbocycles. The van der Waals surface area contributed by atoms with Crippen molar-refractivity contribution in [2.24, 2.45) is 0 Å². The molecule has 0 aliphatic heterocycles. The maximum atomic E-state index is 15.1. The van der Waals surface area contributed by atoms with Gasteiger partial charge in [0.15, 0.2) is 0 Å². The van der Waals surface area contributed by atoms with Gasteiger partial charge in [0.1, 0.15) is 18.4 Å². The Morgan fingerprint density at radius 2 is 1.48 bits per heavy atom. The van der Waals surface area contributed by atoms with Crippen LogP contribution < -0.4 is 9.62 Å². The van der Waals surface area contributed by atoms with E-state index in [2.05, 4.69) is 5.32 Å². The summed E-state index contributed by atoms with van der Waals surface area (Å²) in [7, 11) is -4.36. The first-order valence-corrected chi connectivity index (χ1v) is 17.2. The Balaban J connectivity index is 1.59. The van der Waals surface area contributed by atoms with Gasteiger partial charge in [-0.15, -0.1) is 0 Å². The van der Waals surface area contributed by atoms with Crippen molar-refractivity contribution in [3.63, 3.8) is 0 Å². The molecule has 1 N–H and O–H groups in total. The molecule has 0 saturated heterocycles. The second kappa shape index (κ2) is 15.1. The van der Waals surface area contributed by atoms with E-state index in [1.54, 1.807) is 24.3 Å². The summed E-state index contributed by atoms with van der Waals surface area (Å²) in [5.41, 5.74) is 0.958. The topological polar surface area (TPSA) is 86.8 Å². The number of nitrogens with one attached hydrogen (secondary N) is 1. The molecule has 1 aliphatic carbocycles. The molecule has 0 bridgehead atoms. The summed E-state index contributed by atoms with van der Waals surface area (Å²) in [6, 6.07) is 26.2. The number of carbonyl (C=O) groups is 2. The fourth-order valence-electron chi connectivity index (χ4n) is 5.65. The number of anilines is 1. The van der Waals surface area contributed by atoms with Crippen LogP contribution in [0, 0.1) is 5.82 Å². The molecule has 0 radical (unpaired) electrons. The van der Waals surface area contributed by atoms with Gasteiger partial charge in [0.05, 0.1) is 20.6 Å². The number of benzene rings is 4. The highest BCUT2D eigenvalue weighted by molar-refractivity contribution is 7.92. The van der Waals surface area contributed by atoms with Crippen molar-refractivity contribution in [2.45, 2.75) is 55.6 Å². The summed E-state index contributed by atoms with van der Waals surface area (Å²) >= 11 is 12.8. The molecule has 1 aliphatic rings. The number of rotatable bonds is 12. The molecule has 240 valence electrons. The van der Waals surface area contributed by atoms with E-state index in [9.17, 15) is 18.0 Å². The van der Waals surface area contributed by atoms with Gasteiger partial charge in [-0.25, -0.2) is 12.8 Å². The molecule has 4 aromatic carbocycles. The van der Waals surface area contributed by atoms with Crippen LogP contribution in [-0.4, -0.2) is 43.8 Å². The molecule has 11 heteroatoms. The SMILES string of the molecule is O=C(NC1CCCC1)[C@@H](Cc1ccccc1)N(Cc1ccccc1F)C(=O)CN(c1cccc(Cl)c1Cl)S(=O)(=O)c1ccccc1. The molecule has 0 aromatic heterocycles. The largest absolute Gasteiger partial charge is 0.352 e. The van der Waals surface area contributed by atoms with Crippen LogP contribution in [0.15, 0.2) is 108 Å². The molecular formula is C35H34Cl2FN3O4S. The molecule has 1 atom stereocenters. The number of halogens is 3. The fourth-order valence-corrected chi connectivity index (χ4v) is 7.54. The van der Waals surface area contributed by atoms with Gasteiger partial charge >= 0.3 is 0 Å². The third-order valence-electron chi connectivity index (χ3n) is 8.08. The highest BCUT2D eigenvalue weighted by Gasteiger charge is 2.36. The lowest BCUT2D eigenvalue weighted by Gasteiger charge is -2.34. The highest BCUT2D eigenvalue weighted by Crippen LogP contribution is 2.35. The summed E-state index contributed by atoms with van der Waals surface area (Å²) < 4.78 is 44.2. The third kappa shape index (κ3) is 7.89. The monoisotopic (exact) mass is 681 g/mol. The summed E-state index contributed by atoms with van der Waals surface area (Å²) in [6.07, 6.45) is 3.74. The van der Waals surface area contributed by atoms with E-state index in [1.807, 2.05) is 30.3 Å². The van der Waals surface area contributed by atoms with Crippen LogP contribution in [0.4, 0.5) is 10.1 Å². The Morgan fingerprint density at radius 3 is 2.15 bits per heavy atom. The number of hydrogen-bond acceptors (Lipinski definition) is 4. The van der Waals surface area contributed by atoms with Crippen molar-refractivity contribution >= 4 is 50.7 Å². The number of hydrogen-bond donors (Lipinski definition) is 1. The second-order valence-electron chi connectivity index (χ2n) is 11.2. The predicted octanol–water partition coefficient (Wildman–Crippen LogP) is 7.03. The van der Waals surface area contributed by atoms with Crippen LogP contribution in [0.25, 0.3) is 0 Å². The quantitative estimate of drug-likeness (QED) is 0.174. The van der Waals surface area contributed by atoms with Gasteiger partial charge in [0, 0.05) is 24.6 Å². The second-order valence-corrected chi connectivity index (χ2v) is 13.9. The molecule has 0 spiro atoms. The average molecular weight is 683 g/mol. The number of nitrogens with zero attached hydrogens (tertiary/aromatic N) is 2. The van der Waals surface area contributed by atoms with Gasteiger partial charge in [-0.2, -0.15) is 0 Å². The van der Waals surface area contributed by atoms with Crippen LogP contribution in [-0.2, 0) is 32.6 Å². The van der Waals surface area contributed by atoms with E-state index >= 15 is 4.39 Å². The maximum absolute atomic E-state index is 15.1. The molecule has 4 aromatic rings. The lowest BCUT2D eigenvalue weighted by Crippen LogP contribution is -2.54. The van der Waals surface area contributed by atoms with Gasteiger partial charge < -0.3 is 10.2 Å². The predicted molar refractivity (Wildman–Crippen MR) is 179 cm³/mol. The summed E-state index contributed by atoms with van der Waals surface area (Å²) in [4.78, 5) is 29.8. The summed E-state index contributed by atoms with van der Waals surface area (Å²) in [6.45, 7) is -1.00. The van der Waals surface area contributed by atoms with Crippen molar-refractivity contribution in [1.29, 1.82) is 0 Å². The number of amides is 2. The van der Waals surface area contributed by atoms with Crippen LogP contribution in [0.1, 0.15) is 36.8 Å². The van der Waals surface area contributed by atoms with Crippen LogP contribution >= 0.6 is 23.2 Å². The normalized spacial score (nSPS) is 14.1. The van der Waals surface area contributed by atoms with E-state index in [0.29, 0.717) is 0 Å². The molecule has 0 heterocycles. The molecule has 0 unspecified atom stereocenters. The maximum Gasteiger partial charge on any atom is 0.264 e. The van der Waals surface area contributed by atoms with Crippen molar-refractivity contribution in [3.8, 4) is 0 Å². The van der Waals surface area contributed by atoms with Crippen molar-refractivity contribution in [2.75, 3.05) is 10.8 Å². The zero-order chi connectivity index (χ0) is 32.7. The van der Waals surface area contributed by atoms with E-state index in [1.165, 1.54) is 53.4 Å². The van der Waals surface area contributed by atoms with Gasteiger partial charge in [-0.1, -0.05) is 109 Å². The van der Waals surface area contributed by atoms with Crippen LogP contribution in [0.2, 0.25) is 10.0 Å². The minimum Gasteiger partial charge on any atom is -0.352 e. The first-order valence-electron chi connectivity index (χ1n) is 15.0. The Bertz CT molecular complexity index is 1770. The van der Waals surface area contributed by atoms with E-state index in [-0.39, 0.29) is 45.2 Å². The van der Waals surface area contributed by atoms with Gasteiger partial charge in [0.25, 0.3) is 10.0 Å². The Hall–Kier alpha value is -3.92. The molecule has 7 nitrogen and oxygen atoms in total. The molecule has 2 amide bonds. The molecule has 5 rings (SSSR count). The minimum absolute atomic E-state index is 0.00720. The lowest BCUT2D eigenvalue weighted by molar-refractivity contribution is -0.140. The molecule has 46 heavy (non-hydrogen) atoms. The summed E-state index contributed by atoms with van der Waals surface area (Å²) in [5.74, 6) is -1.67. The Kier molecular flexibility index (Phi) is 11.0. The van der Waals surface area contributed by atoms with E-state index < -0.39 is 40.2 Å². The molecule has 1 fully saturated rings. The van der Waals surface area contributed by atoms with Crippen molar-refractivity contribution in [3.05, 3.63) is 130 Å². The van der Waals surface area contributed by atoms with Gasteiger partial charge in [-0.3, -0.25) is 13.9 Å². The fraction of sp³-hybridized carbons (Fsp3) is 0.257. The van der Waals surface area contributed by atoms with Gasteiger partial charge in [0.2, 0.25) is 11.8 Å². The van der Waals surface area contributed by atoms with Crippen molar-refractivity contribution < 1.29 is 22.4 Å². The first-order chi connectivity index (χ1) is 22.1. The Labute approximate surface area is 279 Å². The zero-order valence-electron chi connectivity index (χ0n) is 25.0. The minimum atomic E-state index is -4.36. The van der Waals surface area contributed by atoms with E-state index in [0.717, 1.165) is 35.6 Å². The van der Waals surface area contributed by atoms with Gasteiger partial charge in [-0.05, 0) is 48.7 Å². The van der Waals surface area contributed by atoms with Crippen molar-refractivity contribution in [1.82, 2.24) is 10.2 Å². The highest BCUT2D eigenvalue weighted by atomic mass is 35.5. The average Bonchev–Trinajstić information content (AvgIpc) is 3.57. The van der Waals surface area contributed by atoms with Crippen LogP contribution in [0.5, 0.6) is 0 Å². The lowest BCUT2D eigenvalue weighted by atomic mass is 10.0. The number of carbonyl (C=O) groups excluding carboxylic acids is 2. The molecular weight excluding hydrogens is 648 g/mol. The van der Waals surface area contributed by atoms with E-state index in [4.69, 9.17) is 23.2 Å². The smallest absolute Gasteiger partial charge is 0.264 e. The standard InChI is InChI=1S/C35H34Cl2FN3O4S/c36-29-19-11-21-31(34(29)37)41(46(44,45)28-17-5-2-6-18-28)24-33(42)40(23-26-14-7-10-20-30(26)38)32(22-25-12-3-1-4-13-25)35(43)39-27-15-8-9-16-27/h1-7,10-14,17-21,27,32H,8-9,15-16,22-24H2,(H,39,43)/t32-/m1/s1. The van der Waals surface area contributed by atoms with Crippen LogP contribution in [0.3, 0.4) is 0 Å². The number of sulfonamides is 1. The first kappa shape index (κ1) is 33.4. The third-order valence-corrected chi connectivity index (χ3v) is 10.7. The Morgan fingerprint density at radius 1 is 0.848 bits per heavy atom.